The fourth-order valence-electron chi connectivity index (χ4n) is 1.89. The molecule has 0 atom stereocenters. The molecule has 2 rings (SSSR count). The minimum Gasteiger partial charge on any atom is -0.330 e. The lowest BCUT2D eigenvalue weighted by Gasteiger charge is -1.95. The third-order valence-corrected chi connectivity index (χ3v) is 2.65. The topological polar surface area (TPSA) is 43.8 Å². The number of aromatic nitrogens is 2. The van der Waals surface area contributed by atoms with Gasteiger partial charge in [0.2, 0.25) is 0 Å². The van der Waals surface area contributed by atoms with Crippen molar-refractivity contribution in [2.45, 2.75) is 26.3 Å². The summed E-state index contributed by atoms with van der Waals surface area (Å²) in [7, 11) is 0. The number of benzene rings is 1. The van der Waals surface area contributed by atoms with E-state index in [1.165, 1.54) is 16.6 Å². The van der Waals surface area contributed by atoms with Crippen molar-refractivity contribution in [3.63, 3.8) is 0 Å². The normalized spacial score (nSPS) is 11.1. The molecule has 3 heteroatoms. The summed E-state index contributed by atoms with van der Waals surface area (Å²) in [5, 5.41) is 5.88. The van der Waals surface area contributed by atoms with Crippen LogP contribution in [0.2, 0.25) is 0 Å². The Morgan fingerprint density at radius 3 is 2.87 bits per heavy atom. The second-order valence-corrected chi connectivity index (χ2v) is 3.67. The molecule has 1 aromatic heterocycles. The summed E-state index contributed by atoms with van der Waals surface area (Å²) in [5.74, 6) is 0. The molecule has 3 nitrogen and oxygen atoms in total. The summed E-state index contributed by atoms with van der Waals surface area (Å²) >= 11 is 0. The number of nitrogens with zero attached hydrogens (tertiary/aromatic N) is 2. The Hall–Kier alpha value is -1.35. The van der Waals surface area contributed by atoms with Gasteiger partial charge in [-0.1, -0.05) is 18.2 Å². The van der Waals surface area contributed by atoms with Crippen LogP contribution in [0, 0.1) is 0 Å². The third-order valence-electron chi connectivity index (χ3n) is 2.65. The first-order valence-electron chi connectivity index (χ1n) is 5.51. The molecule has 15 heavy (non-hydrogen) atoms. The van der Waals surface area contributed by atoms with E-state index in [1.807, 2.05) is 0 Å². The van der Waals surface area contributed by atoms with Gasteiger partial charge in [-0.3, -0.25) is 4.68 Å². The van der Waals surface area contributed by atoms with E-state index in [9.17, 15) is 0 Å². The molecule has 0 aliphatic carbocycles. The Morgan fingerprint density at radius 1 is 1.33 bits per heavy atom. The number of fused-ring (bicyclic) bond motifs is 1. The van der Waals surface area contributed by atoms with Gasteiger partial charge in [0, 0.05) is 11.9 Å². The highest BCUT2D eigenvalue weighted by Gasteiger charge is 2.07. The maximum Gasteiger partial charge on any atom is 0.0703 e. The molecule has 0 bridgehead atoms. The van der Waals surface area contributed by atoms with Gasteiger partial charge in [-0.2, -0.15) is 5.10 Å². The molecule has 1 heterocycles. The second-order valence-electron chi connectivity index (χ2n) is 3.67. The number of aryl methyl sites for hydroxylation is 2. The zero-order valence-corrected chi connectivity index (χ0v) is 9.11. The van der Waals surface area contributed by atoms with Crippen molar-refractivity contribution >= 4 is 10.9 Å². The van der Waals surface area contributed by atoms with Crippen molar-refractivity contribution < 1.29 is 0 Å². The van der Waals surface area contributed by atoms with Gasteiger partial charge in [0.25, 0.3) is 0 Å². The smallest absolute Gasteiger partial charge is 0.0703 e. The fourth-order valence-corrected chi connectivity index (χ4v) is 1.89. The Balaban J connectivity index is 2.45. The van der Waals surface area contributed by atoms with Gasteiger partial charge in [0.05, 0.1) is 11.2 Å². The van der Waals surface area contributed by atoms with E-state index < -0.39 is 0 Å². The van der Waals surface area contributed by atoms with Gasteiger partial charge in [0.15, 0.2) is 0 Å². The first-order valence-corrected chi connectivity index (χ1v) is 5.51. The highest BCUT2D eigenvalue weighted by molar-refractivity contribution is 5.81. The molecule has 2 N–H and O–H groups in total. The number of rotatable bonds is 4. The maximum atomic E-state index is 5.53. The van der Waals surface area contributed by atoms with E-state index in [0.717, 1.165) is 25.9 Å². The van der Waals surface area contributed by atoms with Crippen LogP contribution < -0.4 is 5.73 Å². The van der Waals surface area contributed by atoms with Gasteiger partial charge in [-0.25, -0.2) is 0 Å². The predicted octanol–water partition coefficient (Wildman–Crippen LogP) is 1.95. The van der Waals surface area contributed by atoms with E-state index in [1.54, 1.807) is 0 Å². The average Bonchev–Trinajstić information content (AvgIpc) is 2.65. The summed E-state index contributed by atoms with van der Waals surface area (Å²) in [6.07, 6.45) is 1.98. The van der Waals surface area contributed by atoms with Crippen LogP contribution in [0.25, 0.3) is 10.9 Å². The molecule has 0 unspecified atom stereocenters. The molecular weight excluding hydrogens is 186 g/mol. The zero-order chi connectivity index (χ0) is 10.7. The van der Waals surface area contributed by atoms with E-state index in [-0.39, 0.29) is 0 Å². The van der Waals surface area contributed by atoms with Crippen LogP contribution in [0.4, 0.5) is 0 Å². The van der Waals surface area contributed by atoms with E-state index >= 15 is 0 Å². The first-order chi connectivity index (χ1) is 7.36. The SMILES string of the molecule is CCn1nc(CCCN)c2ccccc21. The molecule has 80 valence electrons. The predicted molar refractivity (Wildman–Crippen MR) is 62.8 cm³/mol. The molecular formula is C12H17N3. The summed E-state index contributed by atoms with van der Waals surface area (Å²) in [6, 6.07) is 8.39. The van der Waals surface area contributed by atoms with Gasteiger partial charge in [-0.05, 0) is 32.4 Å². The minimum atomic E-state index is 0.729. The van der Waals surface area contributed by atoms with Gasteiger partial charge in [0.1, 0.15) is 0 Å². The third kappa shape index (κ3) is 1.88. The van der Waals surface area contributed by atoms with Crippen LogP contribution in [0.1, 0.15) is 19.0 Å². The Bertz CT molecular complexity index is 445. The highest BCUT2D eigenvalue weighted by atomic mass is 15.3. The molecule has 0 amide bonds. The summed E-state index contributed by atoms with van der Waals surface area (Å²) in [4.78, 5) is 0. The molecule has 0 aliphatic heterocycles. The molecule has 0 saturated carbocycles. The first kappa shape index (κ1) is 10.2. The lowest BCUT2D eigenvalue weighted by atomic mass is 10.1. The van der Waals surface area contributed by atoms with Gasteiger partial charge in [-0.15, -0.1) is 0 Å². The second kappa shape index (κ2) is 4.45. The van der Waals surface area contributed by atoms with Crippen LogP contribution in [0.15, 0.2) is 24.3 Å². The standard InChI is InChI=1S/C12H17N3/c1-2-15-12-8-4-3-6-10(12)11(14-15)7-5-9-13/h3-4,6,8H,2,5,7,9,13H2,1H3. The Labute approximate surface area is 89.9 Å². The van der Waals surface area contributed by atoms with Crippen molar-refractivity contribution in [2.24, 2.45) is 5.73 Å². The molecule has 0 fully saturated rings. The van der Waals surface area contributed by atoms with E-state index in [2.05, 4.69) is 41.0 Å². The van der Waals surface area contributed by atoms with Gasteiger partial charge < -0.3 is 5.73 Å². The molecule has 2 aromatic rings. The average molecular weight is 203 g/mol. The molecule has 1 aromatic carbocycles. The zero-order valence-electron chi connectivity index (χ0n) is 9.11. The highest BCUT2D eigenvalue weighted by Crippen LogP contribution is 2.19. The largest absolute Gasteiger partial charge is 0.330 e. The van der Waals surface area contributed by atoms with Crippen molar-refractivity contribution in [3.05, 3.63) is 30.0 Å². The molecule has 0 aliphatic rings. The Kier molecular flexibility index (Phi) is 3.02. The molecule has 0 radical (unpaired) electrons. The summed E-state index contributed by atoms with van der Waals surface area (Å²) in [5.41, 5.74) is 7.93. The van der Waals surface area contributed by atoms with E-state index in [0.29, 0.717) is 0 Å². The monoisotopic (exact) mass is 203 g/mol. The number of hydrogen-bond acceptors (Lipinski definition) is 2. The lowest BCUT2D eigenvalue weighted by Crippen LogP contribution is -2.02. The van der Waals surface area contributed by atoms with E-state index in [4.69, 9.17) is 5.73 Å². The summed E-state index contributed by atoms with van der Waals surface area (Å²) in [6.45, 7) is 3.77. The van der Waals surface area contributed by atoms with Gasteiger partial charge >= 0.3 is 0 Å². The lowest BCUT2D eigenvalue weighted by molar-refractivity contribution is 0.661. The Morgan fingerprint density at radius 2 is 2.13 bits per heavy atom. The fraction of sp³-hybridized carbons (Fsp3) is 0.417. The van der Waals surface area contributed by atoms with Crippen LogP contribution in [-0.4, -0.2) is 16.3 Å². The molecule has 0 saturated heterocycles. The van der Waals surface area contributed by atoms with Crippen LogP contribution in [0.3, 0.4) is 0 Å². The van der Waals surface area contributed by atoms with Crippen molar-refractivity contribution in [1.29, 1.82) is 0 Å². The van der Waals surface area contributed by atoms with Crippen LogP contribution in [-0.2, 0) is 13.0 Å². The summed E-state index contributed by atoms with van der Waals surface area (Å²) < 4.78 is 2.06. The maximum absolute atomic E-state index is 5.53. The number of hydrogen-bond donors (Lipinski definition) is 1. The number of para-hydroxylation sites is 1. The molecule has 0 spiro atoms. The van der Waals surface area contributed by atoms with Crippen LogP contribution in [0.5, 0.6) is 0 Å². The quantitative estimate of drug-likeness (QED) is 0.825. The minimum absolute atomic E-state index is 0.729. The van der Waals surface area contributed by atoms with Crippen molar-refractivity contribution in [3.8, 4) is 0 Å². The van der Waals surface area contributed by atoms with Crippen LogP contribution >= 0.6 is 0 Å². The van der Waals surface area contributed by atoms with Crippen molar-refractivity contribution in [1.82, 2.24) is 9.78 Å². The number of nitrogens with two attached hydrogens (primary N) is 1. The van der Waals surface area contributed by atoms with Crippen molar-refractivity contribution in [2.75, 3.05) is 6.54 Å².